The van der Waals surface area contributed by atoms with Crippen molar-refractivity contribution in [3.05, 3.63) is 53.1 Å². The van der Waals surface area contributed by atoms with Gasteiger partial charge in [0.2, 0.25) is 6.79 Å². The SMILES string of the molecule is COc1cccc(C(=O)NC2(C(=O)c3ccc4c(c3)OCO4)CCCC2)c1C. The van der Waals surface area contributed by atoms with Crippen LogP contribution >= 0.6 is 0 Å². The number of fused-ring (bicyclic) bond motifs is 1. The van der Waals surface area contributed by atoms with Crippen molar-refractivity contribution in [2.45, 2.75) is 38.1 Å². The maximum atomic E-state index is 13.4. The number of carbonyl (C=O) groups excluding carboxylic acids is 2. The summed E-state index contributed by atoms with van der Waals surface area (Å²) in [6, 6.07) is 10.5. The van der Waals surface area contributed by atoms with Gasteiger partial charge in [-0.25, -0.2) is 0 Å². The van der Waals surface area contributed by atoms with Crippen molar-refractivity contribution in [1.29, 1.82) is 0 Å². The summed E-state index contributed by atoms with van der Waals surface area (Å²) in [5.41, 5.74) is 0.893. The van der Waals surface area contributed by atoms with E-state index in [4.69, 9.17) is 14.2 Å². The molecule has 1 fully saturated rings. The summed E-state index contributed by atoms with van der Waals surface area (Å²) in [6.07, 6.45) is 3.03. The summed E-state index contributed by atoms with van der Waals surface area (Å²) in [4.78, 5) is 26.5. The van der Waals surface area contributed by atoms with Crippen LogP contribution in [0.25, 0.3) is 0 Å². The molecule has 0 aromatic heterocycles. The number of hydrogen-bond donors (Lipinski definition) is 1. The number of benzene rings is 2. The lowest BCUT2D eigenvalue weighted by atomic mass is 9.86. The lowest BCUT2D eigenvalue weighted by molar-refractivity contribution is 0.0769. The fourth-order valence-electron chi connectivity index (χ4n) is 4.07. The van der Waals surface area contributed by atoms with Gasteiger partial charge in [-0.3, -0.25) is 9.59 Å². The molecule has 2 aromatic rings. The Kier molecular flexibility index (Phi) is 4.71. The maximum absolute atomic E-state index is 13.4. The lowest BCUT2D eigenvalue weighted by Crippen LogP contribution is -2.52. The van der Waals surface area contributed by atoms with Crippen LogP contribution < -0.4 is 19.5 Å². The first-order valence-corrected chi connectivity index (χ1v) is 9.45. The average molecular weight is 381 g/mol. The number of amides is 1. The molecular formula is C22H23NO5. The molecule has 1 saturated carbocycles. The van der Waals surface area contributed by atoms with Gasteiger partial charge in [0, 0.05) is 16.7 Å². The third-order valence-electron chi connectivity index (χ3n) is 5.63. The number of ether oxygens (including phenoxy) is 3. The standard InChI is InChI=1S/C22H23NO5/c1-14-16(6-5-7-17(14)26-2)21(25)23-22(10-3-4-11-22)20(24)15-8-9-18-19(12-15)28-13-27-18/h5-9,12H,3-4,10-11,13H2,1-2H3,(H,23,25). The van der Waals surface area contributed by atoms with Gasteiger partial charge in [0.15, 0.2) is 17.3 Å². The molecular weight excluding hydrogens is 358 g/mol. The van der Waals surface area contributed by atoms with Crippen molar-refractivity contribution in [1.82, 2.24) is 5.32 Å². The number of methoxy groups -OCH3 is 1. The van der Waals surface area contributed by atoms with Crippen molar-refractivity contribution in [3.63, 3.8) is 0 Å². The first-order valence-electron chi connectivity index (χ1n) is 9.45. The predicted octanol–water partition coefficient (Wildman–Crippen LogP) is 3.66. The highest BCUT2D eigenvalue weighted by molar-refractivity contribution is 6.08. The number of ketones is 1. The highest BCUT2D eigenvalue weighted by atomic mass is 16.7. The second-order valence-corrected chi connectivity index (χ2v) is 7.27. The van der Waals surface area contributed by atoms with Crippen LogP contribution in [0.4, 0.5) is 0 Å². The van der Waals surface area contributed by atoms with E-state index in [1.807, 2.05) is 13.0 Å². The second kappa shape index (κ2) is 7.19. The van der Waals surface area contributed by atoms with E-state index >= 15 is 0 Å². The number of rotatable bonds is 5. The van der Waals surface area contributed by atoms with Crippen molar-refractivity contribution in [2.75, 3.05) is 13.9 Å². The molecule has 4 rings (SSSR count). The molecule has 0 saturated heterocycles. The third kappa shape index (κ3) is 3.09. The van der Waals surface area contributed by atoms with E-state index in [2.05, 4.69) is 5.32 Å². The zero-order valence-electron chi connectivity index (χ0n) is 16.0. The molecule has 6 nitrogen and oxygen atoms in total. The molecule has 1 heterocycles. The minimum Gasteiger partial charge on any atom is -0.496 e. The number of Topliss-reactive ketones (excluding diaryl/α,β-unsaturated/α-hetero) is 1. The number of hydrogen-bond acceptors (Lipinski definition) is 5. The van der Waals surface area contributed by atoms with Crippen molar-refractivity contribution in [2.24, 2.45) is 0 Å². The Morgan fingerprint density at radius 1 is 1.07 bits per heavy atom. The van der Waals surface area contributed by atoms with E-state index in [-0.39, 0.29) is 18.5 Å². The van der Waals surface area contributed by atoms with Crippen LogP contribution in [0.2, 0.25) is 0 Å². The molecule has 0 radical (unpaired) electrons. The van der Waals surface area contributed by atoms with Crippen LogP contribution in [-0.2, 0) is 0 Å². The van der Waals surface area contributed by atoms with E-state index in [0.29, 0.717) is 41.2 Å². The van der Waals surface area contributed by atoms with Gasteiger partial charge < -0.3 is 19.5 Å². The van der Waals surface area contributed by atoms with E-state index in [1.54, 1.807) is 37.4 Å². The van der Waals surface area contributed by atoms with Crippen molar-refractivity contribution < 1.29 is 23.8 Å². The van der Waals surface area contributed by atoms with Gasteiger partial charge in [-0.05, 0) is 50.1 Å². The summed E-state index contributed by atoms with van der Waals surface area (Å²) in [7, 11) is 1.58. The molecule has 146 valence electrons. The maximum Gasteiger partial charge on any atom is 0.252 e. The van der Waals surface area contributed by atoms with Crippen LogP contribution in [0.5, 0.6) is 17.2 Å². The van der Waals surface area contributed by atoms with Gasteiger partial charge in [-0.2, -0.15) is 0 Å². The zero-order valence-corrected chi connectivity index (χ0v) is 16.0. The topological polar surface area (TPSA) is 73.9 Å². The molecule has 1 N–H and O–H groups in total. The van der Waals surface area contributed by atoms with E-state index in [0.717, 1.165) is 18.4 Å². The monoisotopic (exact) mass is 381 g/mol. The Morgan fingerprint density at radius 3 is 2.57 bits per heavy atom. The highest BCUT2D eigenvalue weighted by Crippen LogP contribution is 2.37. The van der Waals surface area contributed by atoms with E-state index in [9.17, 15) is 9.59 Å². The first-order chi connectivity index (χ1) is 13.5. The Morgan fingerprint density at radius 2 is 1.82 bits per heavy atom. The molecule has 28 heavy (non-hydrogen) atoms. The molecule has 0 unspecified atom stereocenters. The van der Waals surface area contributed by atoms with Crippen LogP contribution in [0.3, 0.4) is 0 Å². The van der Waals surface area contributed by atoms with E-state index < -0.39 is 5.54 Å². The fourth-order valence-corrected chi connectivity index (χ4v) is 4.07. The molecule has 2 aliphatic rings. The summed E-state index contributed by atoms with van der Waals surface area (Å²) in [5.74, 6) is 1.50. The molecule has 2 aromatic carbocycles. The smallest absolute Gasteiger partial charge is 0.252 e. The normalized spacial score (nSPS) is 16.6. The number of nitrogens with one attached hydrogen (secondary N) is 1. The molecule has 0 atom stereocenters. The summed E-state index contributed by atoms with van der Waals surface area (Å²) < 4.78 is 16.0. The van der Waals surface area contributed by atoms with Crippen LogP contribution in [0.15, 0.2) is 36.4 Å². The Labute approximate surface area is 163 Å². The van der Waals surface area contributed by atoms with Crippen molar-refractivity contribution >= 4 is 11.7 Å². The Hall–Kier alpha value is -3.02. The lowest BCUT2D eigenvalue weighted by Gasteiger charge is -2.29. The summed E-state index contributed by atoms with van der Waals surface area (Å²) in [5, 5.41) is 3.05. The fraction of sp³-hybridized carbons (Fsp3) is 0.364. The Balaban J connectivity index is 1.63. The minimum atomic E-state index is -0.902. The predicted molar refractivity (Wildman–Crippen MR) is 103 cm³/mol. The van der Waals surface area contributed by atoms with Gasteiger partial charge in [0.25, 0.3) is 5.91 Å². The molecule has 1 amide bonds. The quantitative estimate of drug-likeness (QED) is 0.800. The van der Waals surface area contributed by atoms with Gasteiger partial charge in [0.05, 0.1) is 7.11 Å². The van der Waals surface area contributed by atoms with Crippen LogP contribution in [0, 0.1) is 6.92 Å². The van der Waals surface area contributed by atoms with Gasteiger partial charge in [-0.15, -0.1) is 0 Å². The molecule has 0 spiro atoms. The Bertz CT molecular complexity index is 931. The van der Waals surface area contributed by atoms with Crippen molar-refractivity contribution in [3.8, 4) is 17.2 Å². The highest BCUT2D eigenvalue weighted by Gasteiger charge is 2.43. The molecule has 1 aliphatic heterocycles. The first kappa shape index (κ1) is 18.3. The van der Waals surface area contributed by atoms with Crippen LogP contribution in [0.1, 0.15) is 52.0 Å². The van der Waals surface area contributed by atoms with Gasteiger partial charge in [-0.1, -0.05) is 18.9 Å². The minimum absolute atomic E-state index is 0.0859. The zero-order chi connectivity index (χ0) is 19.7. The molecule has 6 heteroatoms. The largest absolute Gasteiger partial charge is 0.496 e. The average Bonchev–Trinajstić information content (AvgIpc) is 3.36. The number of carbonyl (C=O) groups is 2. The molecule has 0 bridgehead atoms. The van der Waals surface area contributed by atoms with Gasteiger partial charge >= 0.3 is 0 Å². The van der Waals surface area contributed by atoms with E-state index in [1.165, 1.54) is 0 Å². The third-order valence-corrected chi connectivity index (χ3v) is 5.63. The van der Waals surface area contributed by atoms with Crippen LogP contribution in [-0.4, -0.2) is 31.1 Å². The molecule has 1 aliphatic carbocycles. The second-order valence-electron chi connectivity index (χ2n) is 7.27. The summed E-state index contributed by atoms with van der Waals surface area (Å²) >= 11 is 0. The van der Waals surface area contributed by atoms with Gasteiger partial charge in [0.1, 0.15) is 11.3 Å². The summed E-state index contributed by atoms with van der Waals surface area (Å²) in [6.45, 7) is 2.00.